The summed E-state index contributed by atoms with van der Waals surface area (Å²) in [5.74, 6) is -3.16. The molecule has 1 rings (SSSR count). The first-order valence-electron chi connectivity index (χ1n) is 11.3. The van der Waals surface area contributed by atoms with Crippen LogP contribution in [0.25, 0.3) is 0 Å². The van der Waals surface area contributed by atoms with Crippen molar-refractivity contribution in [3.05, 3.63) is 10.1 Å². The van der Waals surface area contributed by atoms with Gasteiger partial charge in [0.2, 0.25) is 23.3 Å². The Kier molecular flexibility index (Phi) is 13.8. The van der Waals surface area contributed by atoms with Gasteiger partial charge in [0.05, 0.1) is 12.3 Å². The number of thiol groups is 2. The predicted molar refractivity (Wildman–Crippen MR) is 131 cm³/mol. The van der Waals surface area contributed by atoms with Crippen molar-refractivity contribution in [2.24, 2.45) is 0 Å². The van der Waals surface area contributed by atoms with Gasteiger partial charge in [-0.2, -0.15) is 25.3 Å². The number of imide groups is 1. The zero-order valence-electron chi connectivity index (χ0n) is 19.7. The molecule has 202 valence electrons. The molecule has 0 saturated carbocycles. The van der Waals surface area contributed by atoms with Crippen LogP contribution in [0.2, 0.25) is 0 Å². The van der Waals surface area contributed by atoms with Crippen molar-refractivity contribution in [2.75, 3.05) is 24.7 Å². The number of hydrogen-bond donors (Lipinski definition) is 5. The average Bonchev–Trinajstić information content (AvgIpc) is 3.14. The van der Waals surface area contributed by atoms with Crippen LogP contribution in [0.5, 0.6) is 0 Å². The summed E-state index contributed by atoms with van der Waals surface area (Å²) in [5.41, 5.74) is -1.71. The number of carbonyl (C=O) groups is 6. The Labute approximate surface area is 218 Å². The number of hydrogen-bond acceptors (Lipinski definition) is 11. The summed E-state index contributed by atoms with van der Waals surface area (Å²) in [6.45, 7) is 0.110. The van der Waals surface area contributed by atoms with Crippen LogP contribution < -0.4 is 16.0 Å². The fourth-order valence-electron chi connectivity index (χ4n) is 3.35. The Hall–Kier alpha value is -2.88. The average molecular weight is 550 g/mol. The van der Waals surface area contributed by atoms with Gasteiger partial charge in [0.25, 0.3) is 11.8 Å². The van der Waals surface area contributed by atoms with Gasteiger partial charge in [-0.25, -0.2) is 4.79 Å². The molecule has 0 aromatic rings. The lowest BCUT2D eigenvalue weighted by Crippen LogP contribution is -2.42. The largest absolute Gasteiger partial charge is 0.356 e. The number of nitrogens with zero attached hydrogens (tertiary/aromatic N) is 2. The molecule has 1 aliphatic rings. The second-order valence-electron chi connectivity index (χ2n) is 7.96. The number of amides is 5. The minimum atomic E-state index is -1.71. The van der Waals surface area contributed by atoms with Gasteiger partial charge in [0.1, 0.15) is 0 Å². The second-order valence-corrected chi connectivity index (χ2v) is 8.72. The Bertz CT molecular complexity index is 841. The Morgan fingerprint density at radius 1 is 0.861 bits per heavy atom. The summed E-state index contributed by atoms with van der Waals surface area (Å²) in [7, 11) is 0. The number of rotatable bonds is 17. The lowest BCUT2D eigenvalue weighted by atomic mass is 9.84. The smallest absolute Gasteiger partial charge is 0.334 e. The van der Waals surface area contributed by atoms with E-state index in [0.717, 1.165) is 0 Å². The zero-order chi connectivity index (χ0) is 27.1. The van der Waals surface area contributed by atoms with Gasteiger partial charge in [-0.1, -0.05) is 0 Å². The highest BCUT2D eigenvalue weighted by atomic mass is 32.1. The molecule has 1 unspecified atom stereocenters. The number of nitro groups is 1. The fraction of sp³-hybridized carbons (Fsp3) is 0.700. The third-order valence-electron chi connectivity index (χ3n) is 5.40. The molecule has 14 nitrogen and oxygen atoms in total. The molecule has 0 radical (unpaired) electrons. The minimum absolute atomic E-state index is 0.0474. The maximum Gasteiger partial charge on any atom is 0.334 e. The van der Waals surface area contributed by atoms with Crippen molar-refractivity contribution in [3.63, 3.8) is 0 Å². The van der Waals surface area contributed by atoms with Crippen molar-refractivity contribution in [3.8, 4) is 0 Å². The van der Waals surface area contributed by atoms with E-state index in [2.05, 4.69) is 46.0 Å². The van der Waals surface area contributed by atoms with Crippen LogP contribution in [0.3, 0.4) is 0 Å². The van der Waals surface area contributed by atoms with Crippen LogP contribution in [-0.2, 0) is 33.6 Å². The third kappa shape index (κ3) is 10.8. The fourth-order valence-corrected chi connectivity index (χ4v) is 3.63. The summed E-state index contributed by atoms with van der Waals surface area (Å²) in [4.78, 5) is 87.0. The van der Waals surface area contributed by atoms with Crippen molar-refractivity contribution in [1.29, 1.82) is 0 Å². The molecule has 36 heavy (non-hydrogen) atoms. The van der Waals surface area contributed by atoms with E-state index in [4.69, 9.17) is 0 Å². The molecular weight excluding hydrogens is 518 g/mol. The summed E-state index contributed by atoms with van der Waals surface area (Å²) >= 11 is 7.86. The van der Waals surface area contributed by atoms with Crippen LogP contribution in [0.4, 0.5) is 0 Å². The molecule has 16 heteroatoms. The topological polar surface area (TPSA) is 194 Å². The Morgan fingerprint density at radius 3 is 1.78 bits per heavy atom. The number of nitrogens with one attached hydrogen (secondary N) is 3. The third-order valence-corrected chi connectivity index (χ3v) is 5.78. The summed E-state index contributed by atoms with van der Waals surface area (Å²) in [5, 5.41) is 19.8. The van der Waals surface area contributed by atoms with Crippen LogP contribution in [0.15, 0.2) is 0 Å². The quantitative estimate of drug-likeness (QED) is 0.0523. The minimum Gasteiger partial charge on any atom is -0.356 e. The molecule has 0 aromatic carbocycles. The van der Waals surface area contributed by atoms with E-state index in [9.17, 15) is 38.9 Å². The molecule has 1 fully saturated rings. The normalized spacial score (nSPS) is 14.7. The molecule has 0 bridgehead atoms. The maximum absolute atomic E-state index is 12.3. The molecule has 0 aromatic heterocycles. The zero-order valence-corrected chi connectivity index (χ0v) is 21.4. The highest BCUT2D eigenvalue weighted by Crippen LogP contribution is 2.29. The van der Waals surface area contributed by atoms with Gasteiger partial charge in [-0.3, -0.25) is 34.1 Å². The van der Waals surface area contributed by atoms with E-state index in [1.807, 2.05) is 0 Å². The molecule has 1 heterocycles. The van der Waals surface area contributed by atoms with Crippen LogP contribution in [0, 0.1) is 10.1 Å². The maximum atomic E-state index is 12.3. The highest BCUT2D eigenvalue weighted by molar-refractivity contribution is 7.80. The molecule has 5 amide bonds. The first-order valence-corrected chi connectivity index (χ1v) is 12.5. The van der Waals surface area contributed by atoms with Gasteiger partial charge in [0.15, 0.2) is 0 Å². The van der Waals surface area contributed by atoms with Gasteiger partial charge in [0, 0.05) is 75.1 Å². The van der Waals surface area contributed by atoms with Gasteiger partial charge in [-0.15, -0.1) is 5.06 Å². The van der Waals surface area contributed by atoms with Gasteiger partial charge >= 0.3 is 5.97 Å². The first kappa shape index (κ1) is 31.2. The lowest BCUT2D eigenvalue weighted by molar-refractivity contribution is -0.573. The Morgan fingerprint density at radius 2 is 1.33 bits per heavy atom. The van der Waals surface area contributed by atoms with E-state index >= 15 is 0 Å². The van der Waals surface area contributed by atoms with Crippen LogP contribution in [-0.4, -0.2) is 75.7 Å². The summed E-state index contributed by atoms with van der Waals surface area (Å²) < 4.78 is 0. The lowest BCUT2D eigenvalue weighted by Gasteiger charge is -2.25. The van der Waals surface area contributed by atoms with Crippen LogP contribution >= 0.6 is 25.3 Å². The first-order chi connectivity index (χ1) is 17.0. The molecule has 1 aliphatic heterocycles. The monoisotopic (exact) mass is 549 g/mol. The highest BCUT2D eigenvalue weighted by Gasteiger charge is 2.43. The van der Waals surface area contributed by atoms with Crippen molar-refractivity contribution in [2.45, 2.75) is 63.3 Å². The van der Waals surface area contributed by atoms with E-state index in [1.54, 1.807) is 0 Å². The van der Waals surface area contributed by atoms with E-state index in [-0.39, 0.29) is 70.2 Å². The number of carbonyl (C=O) groups excluding carboxylic acids is 6. The van der Waals surface area contributed by atoms with E-state index in [0.29, 0.717) is 17.4 Å². The summed E-state index contributed by atoms with van der Waals surface area (Å²) in [6, 6.07) is 0. The van der Waals surface area contributed by atoms with Crippen LogP contribution in [0.1, 0.15) is 57.8 Å². The summed E-state index contributed by atoms with van der Waals surface area (Å²) in [6.07, 6.45) is -1.74. The molecule has 3 N–H and O–H groups in total. The number of hydroxylamine groups is 2. The van der Waals surface area contributed by atoms with Gasteiger partial charge < -0.3 is 20.8 Å². The van der Waals surface area contributed by atoms with E-state index in [1.165, 1.54) is 0 Å². The SMILES string of the molecule is O=C(CCC(CCC(=O)NCCS)(CCC(=O)NCCC(=O)ON1C(=O)CCC1=O)[N+](=O)[O-])NCS. The van der Waals surface area contributed by atoms with Crippen molar-refractivity contribution >= 4 is 60.8 Å². The van der Waals surface area contributed by atoms with Gasteiger partial charge in [-0.05, 0) is 0 Å². The van der Waals surface area contributed by atoms with E-state index < -0.39 is 46.0 Å². The van der Waals surface area contributed by atoms with Crippen molar-refractivity contribution < 1.29 is 38.5 Å². The molecule has 1 saturated heterocycles. The molecule has 0 spiro atoms. The Balaban J connectivity index is 2.65. The second kappa shape index (κ2) is 16.0. The molecule has 0 aliphatic carbocycles. The standard InChI is InChI=1S/C20H31N5O9S2/c26-14(21-10-6-19(31)34-24-17(29)1-2-18(24)30)3-7-20(25(32)33,9-5-16(28)23-13-36)8-4-15(27)22-11-12-35/h35-36H,1-13H2,(H,21,26)(H,22,27)(H,23,28). The predicted octanol–water partition coefficient (Wildman–Crippen LogP) is -0.494. The van der Waals surface area contributed by atoms with Crippen molar-refractivity contribution in [1.82, 2.24) is 21.0 Å². The molecule has 1 atom stereocenters. The molecular formula is C20H31N5O9S2.